The van der Waals surface area contributed by atoms with Gasteiger partial charge in [-0.05, 0) is 6.92 Å². The van der Waals surface area contributed by atoms with E-state index < -0.39 is 18.0 Å². The zero-order chi connectivity index (χ0) is 14.4. The number of morpholine rings is 1. The number of carbonyl (C=O) groups excluding carboxylic acids is 2. The minimum atomic E-state index is -1.12. The van der Waals surface area contributed by atoms with Crippen molar-refractivity contribution in [2.75, 3.05) is 39.9 Å². The molecule has 19 heavy (non-hydrogen) atoms. The Bertz CT molecular complexity index is 360. The van der Waals surface area contributed by atoms with Crippen LogP contribution in [0.1, 0.15) is 6.92 Å². The molecule has 2 N–H and O–H groups in total. The molecule has 0 bridgehead atoms. The number of aliphatic carboxylic acids is 1. The summed E-state index contributed by atoms with van der Waals surface area (Å²) in [5, 5.41) is 11.4. The van der Waals surface area contributed by atoms with Gasteiger partial charge in [0.15, 0.2) is 6.04 Å². The minimum Gasteiger partial charge on any atom is -0.480 e. The van der Waals surface area contributed by atoms with Crippen LogP contribution in [0.2, 0.25) is 0 Å². The molecule has 1 fully saturated rings. The highest BCUT2D eigenvalue weighted by atomic mass is 16.5. The fourth-order valence-electron chi connectivity index (χ4n) is 1.62. The molecule has 0 radical (unpaired) electrons. The lowest BCUT2D eigenvalue weighted by Crippen LogP contribution is -2.56. The van der Waals surface area contributed by atoms with Crippen LogP contribution in [0.15, 0.2) is 0 Å². The minimum absolute atomic E-state index is 0.0361. The molecule has 1 aliphatic rings. The summed E-state index contributed by atoms with van der Waals surface area (Å²) in [7, 11) is 1.63. The first-order chi connectivity index (χ1) is 8.97. The zero-order valence-corrected chi connectivity index (χ0v) is 11.1. The number of carboxylic acids is 1. The van der Waals surface area contributed by atoms with Crippen molar-refractivity contribution in [2.24, 2.45) is 0 Å². The second-order valence-electron chi connectivity index (χ2n) is 4.19. The first kappa shape index (κ1) is 15.2. The van der Waals surface area contributed by atoms with E-state index in [1.807, 2.05) is 6.92 Å². The van der Waals surface area contributed by atoms with Gasteiger partial charge in [0.1, 0.15) is 0 Å². The summed E-state index contributed by atoms with van der Waals surface area (Å²) < 4.78 is 5.03. The molecule has 0 aliphatic carbocycles. The zero-order valence-electron chi connectivity index (χ0n) is 11.1. The van der Waals surface area contributed by atoms with Crippen LogP contribution in [0.5, 0.6) is 0 Å². The Labute approximate surface area is 111 Å². The van der Waals surface area contributed by atoms with Gasteiger partial charge in [-0.25, -0.2) is 9.59 Å². The normalized spacial score (nSPS) is 18.8. The maximum absolute atomic E-state index is 11.9. The van der Waals surface area contributed by atoms with Gasteiger partial charge in [-0.15, -0.1) is 0 Å². The quantitative estimate of drug-likeness (QED) is 0.681. The Hall–Kier alpha value is -1.83. The van der Waals surface area contributed by atoms with Gasteiger partial charge in [0, 0.05) is 20.1 Å². The maximum Gasteiger partial charge on any atom is 0.328 e. The van der Waals surface area contributed by atoms with Crippen molar-refractivity contribution in [3.63, 3.8) is 0 Å². The predicted molar refractivity (Wildman–Crippen MR) is 65.7 cm³/mol. The van der Waals surface area contributed by atoms with Crippen molar-refractivity contribution in [3.8, 4) is 0 Å². The Morgan fingerprint density at radius 3 is 2.74 bits per heavy atom. The molecule has 0 saturated carbocycles. The number of nitrogens with zero attached hydrogens (tertiary/aromatic N) is 2. The molecule has 8 nitrogen and oxygen atoms in total. The van der Waals surface area contributed by atoms with Gasteiger partial charge in [-0.3, -0.25) is 4.79 Å². The molecule has 1 saturated heterocycles. The maximum atomic E-state index is 11.9. The van der Waals surface area contributed by atoms with E-state index in [-0.39, 0.29) is 25.6 Å². The van der Waals surface area contributed by atoms with Crippen LogP contribution < -0.4 is 5.32 Å². The van der Waals surface area contributed by atoms with E-state index in [0.29, 0.717) is 13.2 Å². The second kappa shape index (κ2) is 6.93. The smallest absolute Gasteiger partial charge is 0.328 e. The van der Waals surface area contributed by atoms with Gasteiger partial charge >= 0.3 is 12.0 Å². The fourth-order valence-corrected chi connectivity index (χ4v) is 1.62. The average Bonchev–Trinajstić information content (AvgIpc) is 2.43. The van der Waals surface area contributed by atoms with Crippen LogP contribution in [0.3, 0.4) is 0 Å². The van der Waals surface area contributed by atoms with Crippen LogP contribution in [-0.2, 0) is 14.3 Å². The van der Waals surface area contributed by atoms with E-state index in [2.05, 4.69) is 5.32 Å². The molecule has 3 amide bonds. The molecule has 108 valence electrons. The average molecular weight is 273 g/mol. The molecular weight excluding hydrogens is 254 g/mol. The molecule has 1 atom stereocenters. The lowest BCUT2D eigenvalue weighted by molar-refractivity contribution is -0.147. The molecule has 0 aromatic carbocycles. The summed E-state index contributed by atoms with van der Waals surface area (Å²) in [6.45, 7) is 2.67. The predicted octanol–water partition coefficient (Wildman–Crippen LogP) is -1.04. The number of hydrogen-bond donors (Lipinski definition) is 2. The molecule has 1 aliphatic heterocycles. The van der Waals surface area contributed by atoms with Crippen molar-refractivity contribution in [1.29, 1.82) is 0 Å². The molecular formula is C11H19N3O5. The van der Waals surface area contributed by atoms with Gasteiger partial charge < -0.3 is 25.0 Å². The summed E-state index contributed by atoms with van der Waals surface area (Å²) in [5.74, 6) is -1.34. The standard InChI is InChI=1S/C11H19N3O5/c1-3-13(2)9(15)6-12-11(18)14-4-5-19-7-8(14)10(16)17/h8H,3-7H2,1-2H3,(H,12,18)(H,16,17). The van der Waals surface area contributed by atoms with Crippen LogP contribution in [-0.4, -0.2) is 78.8 Å². The number of nitrogens with one attached hydrogen (secondary N) is 1. The number of ether oxygens (including phenoxy) is 1. The number of urea groups is 1. The Kier molecular flexibility index (Phi) is 5.56. The summed E-state index contributed by atoms with van der Waals surface area (Å²) in [5.41, 5.74) is 0. The number of likely N-dealkylation sites (N-methyl/N-ethyl adjacent to an activating group) is 1. The Balaban J connectivity index is 2.51. The van der Waals surface area contributed by atoms with E-state index in [1.165, 1.54) is 9.80 Å². The van der Waals surface area contributed by atoms with Gasteiger partial charge in [0.25, 0.3) is 0 Å². The van der Waals surface area contributed by atoms with Crippen molar-refractivity contribution in [2.45, 2.75) is 13.0 Å². The third-order valence-electron chi connectivity index (χ3n) is 2.97. The first-order valence-corrected chi connectivity index (χ1v) is 6.06. The van der Waals surface area contributed by atoms with E-state index in [9.17, 15) is 14.4 Å². The SMILES string of the molecule is CCN(C)C(=O)CNC(=O)N1CCOCC1C(=O)O. The van der Waals surface area contributed by atoms with Crippen LogP contribution in [0.25, 0.3) is 0 Å². The number of carbonyl (C=O) groups is 3. The molecule has 0 spiro atoms. The van der Waals surface area contributed by atoms with E-state index in [4.69, 9.17) is 9.84 Å². The lowest BCUT2D eigenvalue weighted by Gasteiger charge is -2.32. The highest BCUT2D eigenvalue weighted by Gasteiger charge is 2.32. The topological polar surface area (TPSA) is 99.2 Å². The molecule has 1 unspecified atom stereocenters. The Morgan fingerprint density at radius 2 is 2.16 bits per heavy atom. The Morgan fingerprint density at radius 1 is 1.47 bits per heavy atom. The van der Waals surface area contributed by atoms with Crippen molar-refractivity contribution >= 4 is 17.9 Å². The molecule has 0 aromatic rings. The van der Waals surface area contributed by atoms with Gasteiger partial charge in [0.2, 0.25) is 5.91 Å². The van der Waals surface area contributed by atoms with Crippen LogP contribution >= 0.6 is 0 Å². The number of amides is 3. The number of hydrogen-bond acceptors (Lipinski definition) is 4. The van der Waals surface area contributed by atoms with Crippen molar-refractivity contribution in [3.05, 3.63) is 0 Å². The second-order valence-corrected chi connectivity index (χ2v) is 4.19. The van der Waals surface area contributed by atoms with Gasteiger partial charge in [-0.1, -0.05) is 0 Å². The number of carboxylic acid groups (broad SMARTS) is 1. The fraction of sp³-hybridized carbons (Fsp3) is 0.727. The molecule has 1 heterocycles. The summed E-state index contributed by atoms with van der Waals surface area (Å²) in [6, 6.07) is -1.57. The molecule has 8 heteroatoms. The third kappa shape index (κ3) is 4.09. The van der Waals surface area contributed by atoms with E-state index >= 15 is 0 Å². The highest BCUT2D eigenvalue weighted by Crippen LogP contribution is 2.07. The largest absolute Gasteiger partial charge is 0.480 e. The van der Waals surface area contributed by atoms with Crippen LogP contribution in [0.4, 0.5) is 4.79 Å². The highest BCUT2D eigenvalue weighted by molar-refractivity contribution is 5.86. The third-order valence-corrected chi connectivity index (χ3v) is 2.97. The summed E-state index contributed by atoms with van der Waals surface area (Å²) in [4.78, 5) is 37.0. The van der Waals surface area contributed by atoms with Crippen molar-refractivity contribution < 1.29 is 24.2 Å². The monoisotopic (exact) mass is 273 g/mol. The van der Waals surface area contributed by atoms with E-state index in [1.54, 1.807) is 7.05 Å². The number of rotatable bonds is 4. The summed E-state index contributed by atoms with van der Waals surface area (Å²) in [6.07, 6.45) is 0. The van der Waals surface area contributed by atoms with Gasteiger partial charge in [0.05, 0.1) is 19.8 Å². The van der Waals surface area contributed by atoms with Crippen molar-refractivity contribution in [1.82, 2.24) is 15.1 Å². The summed E-state index contributed by atoms with van der Waals surface area (Å²) >= 11 is 0. The van der Waals surface area contributed by atoms with E-state index in [0.717, 1.165) is 0 Å². The van der Waals surface area contributed by atoms with Crippen LogP contribution in [0, 0.1) is 0 Å². The molecule has 1 rings (SSSR count). The molecule has 0 aromatic heterocycles. The lowest BCUT2D eigenvalue weighted by atomic mass is 10.2. The first-order valence-electron chi connectivity index (χ1n) is 6.06. The van der Waals surface area contributed by atoms with Gasteiger partial charge in [-0.2, -0.15) is 0 Å².